The average Bonchev–Trinajstić information content (AvgIpc) is 2.43. The summed E-state index contributed by atoms with van der Waals surface area (Å²) in [5, 5.41) is 18.6. The highest BCUT2D eigenvalue weighted by atomic mass is 35.5. The van der Waals surface area contributed by atoms with Gasteiger partial charge in [-0.3, -0.25) is 4.79 Å². The molecule has 0 aliphatic heterocycles. The number of amides is 1. The zero-order valence-electron chi connectivity index (χ0n) is 10.7. The number of carbonyl (C=O) groups excluding carboxylic acids is 1. The number of nitrogens with one attached hydrogen (secondary N) is 1. The van der Waals surface area contributed by atoms with Gasteiger partial charge in [0, 0.05) is 5.69 Å². The lowest BCUT2D eigenvalue weighted by Crippen LogP contribution is -2.15. The van der Waals surface area contributed by atoms with Crippen molar-refractivity contribution in [3.05, 3.63) is 51.3 Å². The number of carboxylic acids is 1. The van der Waals surface area contributed by atoms with Crippen LogP contribution < -0.4 is 5.32 Å². The summed E-state index contributed by atoms with van der Waals surface area (Å²) in [5.41, 5.74) is 0.952. The molecular weight excluding hydrogens is 317 g/mol. The standard InChI is InChI=1S/C13H9Cl2N3O3/c1-6-7(13(20)21)3-2-4-9(6)16-12(19)8-5-10(14)17-18-11(8)15/h2-5H,1H3,(H,16,19)(H,20,21). The predicted molar refractivity (Wildman–Crippen MR) is 78.1 cm³/mol. The second-order valence-corrected chi connectivity index (χ2v) is 4.85. The minimum atomic E-state index is -1.07. The van der Waals surface area contributed by atoms with E-state index < -0.39 is 11.9 Å². The van der Waals surface area contributed by atoms with Gasteiger partial charge in [-0.1, -0.05) is 29.3 Å². The molecule has 1 amide bonds. The fourth-order valence-electron chi connectivity index (χ4n) is 1.70. The fourth-order valence-corrected chi connectivity index (χ4v) is 2.03. The van der Waals surface area contributed by atoms with Crippen LogP contribution in [-0.2, 0) is 0 Å². The maximum atomic E-state index is 12.2. The number of rotatable bonds is 3. The summed E-state index contributed by atoms with van der Waals surface area (Å²) >= 11 is 11.5. The summed E-state index contributed by atoms with van der Waals surface area (Å²) in [6.07, 6.45) is 0. The molecule has 2 rings (SSSR count). The summed E-state index contributed by atoms with van der Waals surface area (Å²) in [6, 6.07) is 5.85. The number of nitrogens with zero attached hydrogens (tertiary/aromatic N) is 2. The Hall–Kier alpha value is -2.18. The summed E-state index contributed by atoms with van der Waals surface area (Å²) in [5.74, 6) is -1.63. The van der Waals surface area contributed by atoms with Crippen molar-refractivity contribution in [2.45, 2.75) is 6.92 Å². The zero-order chi connectivity index (χ0) is 15.6. The van der Waals surface area contributed by atoms with E-state index in [4.69, 9.17) is 28.3 Å². The minimum Gasteiger partial charge on any atom is -0.478 e. The lowest BCUT2D eigenvalue weighted by Gasteiger charge is -2.10. The second-order valence-electron chi connectivity index (χ2n) is 4.11. The molecule has 0 saturated carbocycles. The normalized spacial score (nSPS) is 10.2. The Morgan fingerprint density at radius 1 is 1.19 bits per heavy atom. The highest BCUT2D eigenvalue weighted by Crippen LogP contribution is 2.22. The van der Waals surface area contributed by atoms with Crippen LogP contribution in [0, 0.1) is 6.92 Å². The topological polar surface area (TPSA) is 92.2 Å². The van der Waals surface area contributed by atoms with Gasteiger partial charge in [-0.25, -0.2) is 4.79 Å². The Morgan fingerprint density at radius 2 is 1.90 bits per heavy atom. The minimum absolute atomic E-state index is 0.0283. The molecule has 0 unspecified atom stereocenters. The Labute approximate surface area is 129 Å². The Bertz CT molecular complexity index is 735. The van der Waals surface area contributed by atoms with E-state index in [9.17, 15) is 9.59 Å². The van der Waals surface area contributed by atoms with Crippen molar-refractivity contribution < 1.29 is 14.7 Å². The predicted octanol–water partition coefficient (Wildman–Crippen LogP) is 3.04. The number of aromatic carboxylic acids is 1. The second kappa shape index (κ2) is 6.07. The van der Waals surface area contributed by atoms with Crippen LogP contribution in [0.25, 0.3) is 0 Å². The van der Waals surface area contributed by atoms with Gasteiger partial charge in [-0.05, 0) is 30.7 Å². The van der Waals surface area contributed by atoms with Crippen molar-refractivity contribution in [2.24, 2.45) is 0 Å². The average molecular weight is 326 g/mol. The Balaban J connectivity index is 2.34. The van der Waals surface area contributed by atoms with Crippen LogP contribution in [0.4, 0.5) is 5.69 Å². The Kier molecular flexibility index (Phi) is 4.40. The molecule has 0 radical (unpaired) electrons. The lowest BCUT2D eigenvalue weighted by atomic mass is 10.1. The van der Waals surface area contributed by atoms with Crippen LogP contribution in [0.15, 0.2) is 24.3 Å². The van der Waals surface area contributed by atoms with Crippen LogP contribution in [0.2, 0.25) is 10.3 Å². The fraction of sp³-hybridized carbons (Fsp3) is 0.0769. The van der Waals surface area contributed by atoms with E-state index in [1.165, 1.54) is 18.2 Å². The summed E-state index contributed by atoms with van der Waals surface area (Å²) in [6.45, 7) is 1.60. The number of carboxylic acid groups (broad SMARTS) is 1. The first kappa shape index (κ1) is 15.2. The molecule has 1 aromatic carbocycles. The molecule has 2 N–H and O–H groups in total. The molecule has 0 aliphatic carbocycles. The van der Waals surface area contributed by atoms with Crippen LogP contribution >= 0.6 is 23.2 Å². The molecule has 0 fully saturated rings. The third-order valence-corrected chi connectivity index (χ3v) is 3.24. The SMILES string of the molecule is Cc1c(NC(=O)c2cc(Cl)nnc2Cl)cccc1C(=O)O. The smallest absolute Gasteiger partial charge is 0.336 e. The molecule has 0 saturated heterocycles. The number of halogens is 2. The van der Waals surface area contributed by atoms with E-state index in [1.807, 2.05) is 0 Å². The molecule has 21 heavy (non-hydrogen) atoms. The third-order valence-electron chi connectivity index (χ3n) is 2.78. The molecule has 108 valence electrons. The van der Waals surface area contributed by atoms with Crippen LogP contribution in [0.3, 0.4) is 0 Å². The van der Waals surface area contributed by atoms with E-state index in [2.05, 4.69) is 15.5 Å². The molecule has 1 heterocycles. The van der Waals surface area contributed by atoms with Gasteiger partial charge in [0.2, 0.25) is 0 Å². The Morgan fingerprint density at radius 3 is 2.57 bits per heavy atom. The third kappa shape index (κ3) is 3.29. The molecule has 0 bridgehead atoms. The zero-order valence-corrected chi connectivity index (χ0v) is 12.2. The highest BCUT2D eigenvalue weighted by Gasteiger charge is 2.16. The van der Waals surface area contributed by atoms with Crippen molar-refractivity contribution >= 4 is 40.8 Å². The number of carbonyl (C=O) groups is 2. The first-order chi connectivity index (χ1) is 9.90. The largest absolute Gasteiger partial charge is 0.478 e. The molecule has 6 nitrogen and oxygen atoms in total. The van der Waals surface area contributed by atoms with Gasteiger partial charge in [0.1, 0.15) is 0 Å². The van der Waals surface area contributed by atoms with Gasteiger partial charge in [0.25, 0.3) is 5.91 Å². The van der Waals surface area contributed by atoms with Gasteiger partial charge < -0.3 is 10.4 Å². The molecule has 0 spiro atoms. The highest BCUT2D eigenvalue weighted by molar-refractivity contribution is 6.34. The quantitative estimate of drug-likeness (QED) is 0.904. The maximum Gasteiger partial charge on any atom is 0.336 e. The number of hydrogen-bond donors (Lipinski definition) is 2. The van der Waals surface area contributed by atoms with Crippen molar-refractivity contribution in [1.29, 1.82) is 0 Å². The van der Waals surface area contributed by atoms with Crippen LogP contribution in [0.1, 0.15) is 26.3 Å². The first-order valence-corrected chi connectivity index (χ1v) is 6.48. The van der Waals surface area contributed by atoms with Gasteiger partial charge in [-0.15, -0.1) is 10.2 Å². The summed E-state index contributed by atoms with van der Waals surface area (Å²) in [4.78, 5) is 23.2. The van der Waals surface area contributed by atoms with Gasteiger partial charge in [0.05, 0.1) is 11.1 Å². The number of hydrogen-bond acceptors (Lipinski definition) is 4. The maximum absolute atomic E-state index is 12.2. The number of benzene rings is 1. The van der Waals surface area contributed by atoms with E-state index >= 15 is 0 Å². The molecular formula is C13H9Cl2N3O3. The van der Waals surface area contributed by atoms with E-state index in [0.29, 0.717) is 11.3 Å². The van der Waals surface area contributed by atoms with Crippen molar-refractivity contribution in [1.82, 2.24) is 10.2 Å². The van der Waals surface area contributed by atoms with Gasteiger partial charge in [-0.2, -0.15) is 0 Å². The van der Waals surface area contributed by atoms with Gasteiger partial charge >= 0.3 is 5.97 Å². The monoisotopic (exact) mass is 325 g/mol. The lowest BCUT2D eigenvalue weighted by molar-refractivity contribution is 0.0695. The molecule has 1 aromatic heterocycles. The number of aromatic nitrogens is 2. The van der Waals surface area contributed by atoms with E-state index in [0.717, 1.165) is 0 Å². The molecule has 8 heteroatoms. The molecule has 0 atom stereocenters. The van der Waals surface area contributed by atoms with Crippen LogP contribution in [0.5, 0.6) is 0 Å². The van der Waals surface area contributed by atoms with Crippen molar-refractivity contribution in [3.63, 3.8) is 0 Å². The first-order valence-electron chi connectivity index (χ1n) is 5.73. The van der Waals surface area contributed by atoms with E-state index in [1.54, 1.807) is 13.0 Å². The van der Waals surface area contributed by atoms with Gasteiger partial charge in [0.15, 0.2) is 10.3 Å². The summed E-state index contributed by atoms with van der Waals surface area (Å²) in [7, 11) is 0. The molecule has 2 aromatic rings. The number of anilines is 1. The van der Waals surface area contributed by atoms with Crippen molar-refractivity contribution in [3.8, 4) is 0 Å². The van der Waals surface area contributed by atoms with Crippen LogP contribution in [-0.4, -0.2) is 27.2 Å². The van der Waals surface area contributed by atoms with Crippen molar-refractivity contribution in [2.75, 3.05) is 5.32 Å². The van der Waals surface area contributed by atoms with E-state index in [-0.39, 0.29) is 21.4 Å². The summed E-state index contributed by atoms with van der Waals surface area (Å²) < 4.78 is 0. The molecule has 0 aliphatic rings.